The lowest BCUT2D eigenvalue weighted by Crippen LogP contribution is -2.40. The van der Waals surface area contributed by atoms with Crippen LogP contribution in [0.3, 0.4) is 0 Å². The molecule has 0 aliphatic heterocycles. The number of carbonyl (C=O) groups is 1. The van der Waals surface area contributed by atoms with Gasteiger partial charge in [-0.05, 0) is 55.3 Å². The third kappa shape index (κ3) is 7.40. The fourth-order valence-corrected chi connectivity index (χ4v) is 4.72. The van der Waals surface area contributed by atoms with Gasteiger partial charge in [-0.1, -0.05) is 42.5 Å². The summed E-state index contributed by atoms with van der Waals surface area (Å²) in [6, 6.07) is 22.9. The van der Waals surface area contributed by atoms with Gasteiger partial charge >= 0.3 is 0 Å². The monoisotopic (exact) mass is 495 g/mol. The number of hydrogen-bond donors (Lipinski definition) is 1. The molecule has 8 nitrogen and oxygen atoms in total. The SMILES string of the molecule is CCOc1ccccc1/C=N\NC(=O)CN(CCc1ccccc1)S(=O)(=O)c1ccc(OC)cc1. The summed E-state index contributed by atoms with van der Waals surface area (Å²) in [6.07, 6.45) is 1.92. The largest absolute Gasteiger partial charge is 0.497 e. The van der Waals surface area contributed by atoms with Crippen LogP contribution in [0.1, 0.15) is 18.1 Å². The van der Waals surface area contributed by atoms with E-state index in [0.29, 0.717) is 30.1 Å². The average molecular weight is 496 g/mol. The van der Waals surface area contributed by atoms with E-state index in [9.17, 15) is 13.2 Å². The van der Waals surface area contributed by atoms with Crippen LogP contribution in [0, 0.1) is 0 Å². The number of sulfonamides is 1. The van der Waals surface area contributed by atoms with Crippen LogP contribution in [0.5, 0.6) is 11.5 Å². The standard InChI is InChI=1S/C26H29N3O5S/c1-3-34-25-12-8-7-11-22(25)19-27-28-26(30)20-29(18-17-21-9-5-4-6-10-21)35(31,32)24-15-13-23(33-2)14-16-24/h4-16,19H,3,17-18,20H2,1-2H3,(H,28,30)/b27-19-. The van der Waals surface area contributed by atoms with E-state index in [4.69, 9.17) is 9.47 Å². The first-order chi connectivity index (χ1) is 16.9. The van der Waals surface area contributed by atoms with E-state index >= 15 is 0 Å². The molecule has 0 aliphatic carbocycles. The Balaban J connectivity index is 1.74. The van der Waals surface area contributed by atoms with Crippen LogP contribution in [0.25, 0.3) is 0 Å². The fourth-order valence-electron chi connectivity index (χ4n) is 3.32. The number of rotatable bonds is 12. The molecule has 0 bridgehead atoms. The Morgan fingerprint density at radius 1 is 1.00 bits per heavy atom. The van der Waals surface area contributed by atoms with E-state index in [-0.39, 0.29) is 18.0 Å². The molecule has 3 aromatic rings. The van der Waals surface area contributed by atoms with Gasteiger partial charge in [0.05, 0.1) is 31.4 Å². The Morgan fingerprint density at radius 2 is 1.69 bits per heavy atom. The molecule has 1 N–H and O–H groups in total. The third-order valence-electron chi connectivity index (χ3n) is 5.12. The second-order valence-electron chi connectivity index (χ2n) is 7.51. The number of nitrogens with one attached hydrogen (secondary N) is 1. The second kappa shape index (κ2) is 12.7. The van der Waals surface area contributed by atoms with Crippen LogP contribution < -0.4 is 14.9 Å². The summed E-state index contributed by atoms with van der Waals surface area (Å²) in [5.74, 6) is 0.624. The quantitative estimate of drug-likeness (QED) is 0.307. The van der Waals surface area contributed by atoms with Crippen LogP contribution in [0.2, 0.25) is 0 Å². The van der Waals surface area contributed by atoms with Gasteiger partial charge in [0, 0.05) is 12.1 Å². The van der Waals surface area contributed by atoms with Gasteiger partial charge in [-0.2, -0.15) is 9.41 Å². The van der Waals surface area contributed by atoms with Gasteiger partial charge in [0.2, 0.25) is 10.0 Å². The summed E-state index contributed by atoms with van der Waals surface area (Å²) in [5.41, 5.74) is 4.08. The van der Waals surface area contributed by atoms with Gasteiger partial charge in [0.1, 0.15) is 11.5 Å². The Kier molecular flexibility index (Phi) is 9.39. The molecular formula is C26H29N3O5S. The van der Waals surface area contributed by atoms with Gasteiger partial charge < -0.3 is 9.47 Å². The summed E-state index contributed by atoms with van der Waals surface area (Å²) < 4.78 is 38.5. The molecule has 0 saturated carbocycles. The summed E-state index contributed by atoms with van der Waals surface area (Å²) in [5, 5.41) is 3.99. The van der Waals surface area contributed by atoms with Crippen molar-refractivity contribution in [2.75, 3.05) is 26.8 Å². The number of para-hydroxylation sites is 1. The number of ether oxygens (including phenoxy) is 2. The highest BCUT2D eigenvalue weighted by Gasteiger charge is 2.26. The Labute approximate surface area is 206 Å². The van der Waals surface area contributed by atoms with Crippen molar-refractivity contribution >= 4 is 22.1 Å². The van der Waals surface area contributed by atoms with Crippen LogP contribution in [-0.4, -0.2) is 51.7 Å². The molecule has 0 radical (unpaired) electrons. The predicted molar refractivity (Wildman–Crippen MR) is 135 cm³/mol. The van der Waals surface area contributed by atoms with Crippen LogP contribution in [0.4, 0.5) is 0 Å². The highest BCUT2D eigenvalue weighted by Crippen LogP contribution is 2.20. The average Bonchev–Trinajstić information content (AvgIpc) is 2.88. The minimum Gasteiger partial charge on any atom is -0.497 e. The van der Waals surface area contributed by atoms with Crippen molar-refractivity contribution in [3.8, 4) is 11.5 Å². The van der Waals surface area contributed by atoms with E-state index in [1.807, 2.05) is 49.4 Å². The Bertz CT molecular complexity index is 1230. The lowest BCUT2D eigenvalue weighted by atomic mass is 10.1. The van der Waals surface area contributed by atoms with Gasteiger partial charge in [-0.15, -0.1) is 0 Å². The molecule has 0 spiro atoms. The van der Waals surface area contributed by atoms with E-state index in [1.165, 1.54) is 25.5 Å². The lowest BCUT2D eigenvalue weighted by Gasteiger charge is -2.21. The van der Waals surface area contributed by atoms with Crippen molar-refractivity contribution < 1.29 is 22.7 Å². The highest BCUT2D eigenvalue weighted by molar-refractivity contribution is 7.89. The topological polar surface area (TPSA) is 97.3 Å². The summed E-state index contributed by atoms with van der Waals surface area (Å²) in [4.78, 5) is 12.7. The molecule has 0 heterocycles. The molecule has 35 heavy (non-hydrogen) atoms. The molecule has 0 aliphatic rings. The maximum absolute atomic E-state index is 13.4. The van der Waals surface area contributed by atoms with Gasteiger partial charge in [0.25, 0.3) is 5.91 Å². The molecule has 0 unspecified atom stereocenters. The minimum absolute atomic E-state index is 0.0771. The van der Waals surface area contributed by atoms with E-state index < -0.39 is 15.9 Å². The summed E-state index contributed by atoms with van der Waals surface area (Å²) in [6.45, 7) is 2.12. The molecule has 184 valence electrons. The number of nitrogens with zero attached hydrogens (tertiary/aromatic N) is 2. The van der Waals surface area contributed by atoms with Crippen molar-refractivity contribution in [1.82, 2.24) is 9.73 Å². The predicted octanol–water partition coefficient (Wildman–Crippen LogP) is 3.48. The number of benzene rings is 3. The molecule has 1 amide bonds. The Hall–Kier alpha value is -3.69. The summed E-state index contributed by atoms with van der Waals surface area (Å²) in [7, 11) is -2.43. The maximum Gasteiger partial charge on any atom is 0.255 e. The zero-order valence-electron chi connectivity index (χ0n) is 19.8. The number of amides is 1. The lowest BCUT2D eigenvalue weighted by molar-refractivity contribution is -0.121. The first-order valence-corrected chi connectivity index (χ1v) is 12.6. The van der Waals surface area contributed by atoms with E-state index in [2.05, 4.69) is 10.5 Å². The Morgan fingerprint density at radius 3 is 2.37 bits per heavy atom. The number of hydrogen-bond acceptors (Lipinski definition) is 6. The van der Waals surface area contributed by atoms with Crippen molar-refractivity contribution in [3.63, 3.8) is 0 Å². The summed E-state index contributed by atoms with van der Waals surface area (Å²) >= 11 is 0. The molecular weight excluding hydrogens is 466 g/mol. The van der Waals surface area contributed by atoms with E-state index in [0.717, 1.165) is 9.87 Å². The molecule has 3 rings (SSSR count). The van der Waals surface area contributed by atoms with Crippen LogP contribution in [0.15, 0.2) is 88.9 Å². The molecule has 0 fully saturated rings. The van der Waals surface area contributed by atoms with E-state index in [1.54, 1.807) is 24.3 Å². The number of methoxy groups -OCH3 is 1. The van der Waals surface area contributed by atoms with Crippen molar-refractivity contribution in [1.29, 1.82) is 0 Å². The van der Waals surface area contributed by atoms with Crippen LogP contribution in [-0.2, 0) is 21.2 Å². The third-order valence-corrected chi connectivity index (χ3v) is 6.98. The van der Waals surface area contributed by atoms with Gasteiger partial charge in [-0.25, -0.2) is 13.8 Å². The number of hydrazone groups is 1. The highest BCUT2D eigenvalue weighted by atomic mass is 32.2. The zero-order chi connectivity index (χ0) is 25.1. The zero-order valence-corrected chi connectivity index (χ0v) is 20.6. The normalized spacial score (nSPS) is 11.5. The van der Waals surface area contributed by atoms with Crippen molar-refractivity contribution in [3.05, 3.63) is 90.0 Å². The molecule has 9 heteroatoms. The molecule has 0 aromatic heterocycles. The van der Waals surface area contributed by atoms with Gasteiger partial charge in [-0.3, -0.25) is 4.79 Å². The molecule has 0 atom stereocenters. The smallest absolute Gasteiger partial charge is 0.255 e. The van der Waals surface area contributed by atoms with Crippen molar-refractivity contribution in [2.24, 2.45) is 5.10 Å². The number of carbonyl (C=O) groups excluding carboxylic acids is 1. The fraction of sp³-hybridized carbons (Fsp3) is 0.231. The maximum atomic E-state index is 13.4. The first kappa shape index (κ1) is 25.9. The molecule has 0 saturated heterocycles. The van der Waals surface area contributed by atoms with Crippen molar-refractivity contribution in [2.45, 2.75) is 18.2 Å². The van der Waals surface area contributed by atoms with Gasteiger partial charge in [0.15, 0.2) is 0 Å². The first-order valence-electron chi connectivity index (χ1n) is 11.2. The van der Waals surface area contributed by atoms with Crippen LogP contribution >= 0.6 is 0 Å². The second-order valence-corrected chi connectivity index (χ2v) is 9.45. The minimum atomic E-state index is -3.94. The molecule has 3 aromatic carbocycles.